The van der Waals surface area contributed by atoms with E-state index < -0.39 is 12.0 Å². The van der Waals surface area contributed by atoms with Crippen LogP contribution in [0.15, 0.2) is 53.7 Å². The fraction of sp³-hybridized carbons (Fsp3) is 0.532. The lowest BCUT2D eigenvalue weighted by Gasteiger charge is -2.34. The molecule has 4 aliphatic rings. The van der Waals surface area contributed by atoms with E-state index in [1.165, 1.54) is 18.7 Å². The Bertz CT molecular complexity index is 3520. The number of pyridine rings is 1. The number of nitrogens with one attached hydrogen (secondary N) is 4. The first-order valence-corrected chi connectivity index (χ1v) is 30.9. The summed E-state index contributed by atoms with van der Waals surface area (Å²) >= 11 is 6.59. The molecule has 2 aromatic carbocycles. The summed E-state index contributed by atoms with van der Waals surface area (Å²) in [6, 6.07) is 8.53. The normalized spacial score (nSPS) is 15.6. The van der Waals surface area contributed by atoms with Crippen molar-refractivity contribution in [2.45, 2.75) is 122 Å². The number of hydrogen-bond donors (Lipinski definition) is 4. The number of methoxy groups -OCH3 is 1. The predicted octanol–water partition coefficient (Wildman–Crippen LogP) is 8.88. The summed E-state index contributed by atoms with van der Waals surface area (Å²) in [7, 11) is 8.01. The number of ether oxygens (including phenoxy) is 2. The van der Waals surface area contributed by atoms with Crippen LogP contribution in [0.3, 0.4) is 0 Å². The average molecular weight is 1220 g/mol. The second-order valence-corrected chi connectivity index (χ2v) is 23.5. The van der Waals surface area contributed by atoms with Gasteiger partial charge in [-0.05, 0) is 86.8 Å². The Hall–Kier alpha value is -8.02. The number of piperidine rings is 2. The van der Waals surface area contributed by atoms with Gasteiger partial charge in [0.25, 0.3) is 17.9 Å². The van der Waals surface area contributed by atoms with E-state index >= 15 is 0 Å². The molecule has 466 valence electrons. The Morgan fingerprint density at radius 2 is 1.57 bits per heavy atom. The third-order valence-corrected chi connectivity index (χ3v) is 17.7. The molecule has 0 spiro atoms. The minimum atomic E-state index is -2.69. The SMILES string of the molecule is CNC(=O)COc1cc2cc(Nc3nc(N4CCC(C(=O)NCCCCCCCCCCC(=O)N5CCC(n6nc(N7CCCc8cc(-c9cnn(C)c9)c(C(F)F)cc87)c7c6CCN(C(=O)NC)C7)CC5)CC4)ncc3Cl)cc(OC)c2n(C)c1=O. The molecule has 0 aliphatic carbocycles. The minimum absolute atomic E-state index is 0.0153. The molecular formula is C62H80ClF2N15O7. The lowest BCUT2D eigenvalue weighted by Crippen LogP contribution is -2.42. The summed E-state index contributed by atoms with van der Waals surface area (Å²) in [6.45, 7) is 4.34. The molecule has 10 rings (SSSR count). The van der Waals surface area contributed by atoms with Crippen LogP contribution < -0.4 is 46.1 Å². The van der Waals surface area contributed by atoms with E-state index in [4.69, 9.17) is 31.2 Å². The smallest absolute Gasteiger partial charge is 0.317 e. The summed E-state index contributed by atoms with van der Waals surface area (Å²) < 4.78 is 46.0. The topological polar surface area (TPSA) is 231 Å². The van der Waals surface area contributed by atoms with Crippen molar-refractivity contribution in [1.82, 2.24) is 59.8 Å². The lowest BCUT2D eigenvalue weighted by atomic mass is 9.92. The van der Waals surface area contributed by atoms with Crippen LogP contribution in [-0.2, 0) is 47.9 Å². The Kier molecular flexibility index (Phi) is 20.1. The predicted molar refractivity (Wildman–Crippen MR) is 330 cm³/mol. The van der Waals surface area contributed by atoms with Gasteiger partial charge >= 0.3 is 6.03 Å². The van der Waals surface area contributed by atoms with Crippen LogP contribution in [-0.4, -0.2) is 141 Å². The third-order valence-electron chi connectivity index (χ3n) is 17.5. The van der Waals surface area contributed by atoms with Gasteiger partial charge in [0.05, 0.1) is 37.6 Å². The minimum Gasteiger partial charge on any atom is -0.494 e. The number of likely N-dealkylation sites (N-methyl/N-ethyl adjacent to an activating group) is 1. The molecule has 2 saturated heterocycles. The van der Waals surface area contributed by atoms with Gasteiger partial charge in [-0.3, -0.25) is 28.5 Å². The molecule has 8 heterocycles. The molecule has 87 heavy (non-hydrogen) atoms. The van der Waals surface area contributed by atoms with E-state index in [0.29, 0.717) is 134 Å². The maximum atomic E-state index is 14.8. The lowest BCUT2D eigenvalue weighted by molar-refractivity contribution is -0.132. The van der Waals surface area contributed by atoms with Crippen LogP contribution in [0, 0.1) is 5.92 Å². The Morgan fingerprint density at radius 3 is 2.28 bits per heavy atom. The Balaban J connectivity index is 0.622. The molecule has 0 radical (unpaired) electrons. The number of aryl methyl sites for hydroxylation is 3. The zero-order chi connectivity index (χ0) is 61.3. The molecule has 5 amide bonds. The first-order chi connectivity index (χ1) is 42.1. The highest BCUT2D eigenvalue weighted by atomic mass is 35.5. The Morgan fingerprint density at radius 1 is 0.828 bits per heavy atom. The number of amides is 5. The van der Waals surface area contributed by atoms with Gasteiger partial charge in [0.1, 0.15) is 10.8 Å². The number of benzene rings is 2. The van der Waals surface area contributed by atoms with Crippen LogP contribution in [0.4, 0.5) is 42.5 Å². The highest BCUT2D eigenvalue weighted by molar-refractivity contribution is 6.33. The van der Waals surface area contributed by atoms with Gasteiger partial charge in [-0.1, -0.05) is 50.1 Å². The highest BCUT2D eigenvalue weighted by Crippen LogP contribution is 2.44. The van der Waals surface area contributed by atoms with Crippen molar-refractivity contribution in [3.63, 3.8) is 0 Å². The molecule has 0 saturated carbocycles. The maximum absolute atomic E-state index is 14.8. The second kappa shape index (κ2) is 28.2. The third kappa shape index (κ3) is 14.2. The number of alkyl halides is 2. The van der Waals surface area contributed by atoms with Crippen molar-refractivity contribution in [3.8, 4) is 22.6 Å². The number of nitrogens with zero attached hydrogens (tertiary/aromatic N) is 11. The van der Waals surface area contributed by atoms with Crippen molar-refractivity contribution >= 4 is 75.2 Å². The number of likely N-dealkylation sites (tertiary alicyclic amines) is 1. The quantitative estimate of drug-likeness (QED) is 0.0439. The van der Waals surface area contributed by atoms with Crippen LogP contribution in [0.1, 0.15) is 125 Å². The first kappa shape index (κ1) is 62.0. The van der Waals surface area contributed by atoms with E-state index in [9.17, 15) is 32.8 Å². The number of halogens is 3. The van der Waals surface area contributed by atoms with Crippen molar-refractivity contribution in [1.29, 1.82) is 0 Å². The van der Waals surface area contributed by atoms with E-state index in [-0.39, 0.29) is 53.6 Å². The van der Waals surface area contributed by atoms with Gasteiger partial charge in [0.15, 0.2) is 24.0 Å². The molecule has 0 atom stereocenters. The molecule has 6 aromatic rings. The van der Waals surface area contributed by atoms with Gasteiger partial charge in [-0.25, -0.2) is 18.6 Å². The molecule has 0 unspecified atom stereocenters. The van der Waals surface area contributed by atoms with E-state index in [0.717, 1.165) is 99.6 Å². The number of anilines is 5. The molecule has 22 nitrogen and oxygen atoms in total. The zero-order valence-corrected chi connectivity index (χ0v) is 51.2. The average Bonchev–Trinajstić information content (AvgIpc) is 1.87. The number of carbonyl (C=O) groups excluding carboxylic acids is 4. The molecule has 0 bridgehead atoms. The number of fused-ring (bicyclic) bond motifs is 3. The monoisotopic (exact) mass is 1220 g/mol. The zero-order valence-electron chi connectivity index (χ0n) is 50.4. The van der Waals surface area contributed by atoms with Crippen molar-refractivity contribution in [3.05, 3.63) is 86.7 Å². The summed E-state index contributed by atoms with van der Waals surface area (Å²) in [6.07, 6.45) is 16.0. The molecule has 25 heteroatoms. The number of unbranched alkanes of at least 4 members (excludes halogenated alkanes) is 7. The largest absolute Gasteiger partial charge is 0.494 e. The van der Waals surface area contributed by atoms with E-state index in [1.807, 2.05) is 15.9 Å². The van der Waals surface area contributed by atoms with Gasteiger partial charge in [-0.2, -0.15) is 15.2 Å². The summed E-state index contributed by atoms with van der Waals surface area (Å²) in [4.78, 5) is 81.7. The molecule has 4 N–H and O–H groups in total. The van der Waals surface area contributed by atoms with Crippen molar-refractivity contribution in [2.75, 3.05) is 88.7 Å². The van der Waals surface area contributed by atoms with Gasteiger partial charge in [0, 0.05) is 144 Å². The number of carbonyl (C=O) groups is 4. The summed E-state index contributed by atoms with van der Waals surface area (Å²) in [5, 5.41) is 22.1. The number of urea groups is 1. The van der Waals surface area contributed by atoms with Crippen LogP contribution in [0.2, 0.25) is 5.02 Å². The van der Waals surface area contributed by atoms with Gasteiger partial charge < -0.3 is 54.9 Å². The number of hydrogen-bond acceptors (Lipinski definition) is 14. The van der Waals surface area contributed by atoms with E-state index in [1.54, 1.807) is 73.6 Å². The summed E-state index contributed by atoms with van der Waals surface area (Å²) in [5.41, 5.74) is 5.52. The summed E-state index contributed by atoms with van der Waals surface area (Å²) in [5.74, 6) is 1.81. The fourth-order valence-electron chi connectivity index (χ4n) is 12.7. The molecule has 2 fully saturated rings. The molecule has 4 aliphatic heterocycles. The molecule has 4 aromatic heterocycles. The second-order valence-electron chi connectivity index (χ2n) is 23.1. The van der Waals surface area contributed by atoms with Crippen LogP contribution in [0.25, 0.3) is 22.0 Å². The number of rotatable bonds is 23. The maximum Gasteiger partial charge on any atom is 0.317 e. The molecular weight excluding hydrogens is 1140 g/mol. The standard InChI is InChI=1S/C62H80ClF2N15O7/c1-66-53(81)38-87-52-31-41-29-43(32-51(86-5)55(41)75(4)60(52)84)71-57-48(63)35-69-61(72-57)77-24-17-39(18-25-77)59(83)68-22-13-11-9-7-6-8-10-12-16-54(82)76-26-19-44(20-27-76)80-49-21-28-78(62(85)67-2)37-47(49)58(73-80)79-23-14-15-40-30-45(42-34-70-74(3)36-42)46(56(64)65)33-50(40)79/h29-36,39,44,56H,6-28,37-38H2,1-5H3,(H,66,81)(H,67,85)(H,68,83)(H,69,71,72). The van der Waals surface area contributed by atoms with Gasteiger partial charge in [-0.15, -0.1) is 0 Å². The first-order valence-electron chi connectivity index (χ1n) is 30.6. The number of aromatic nitrogens is 7. The van der Waals surface area contributed by atoms with E-state index in [2.05, 4.69) is 40.9 Å². The fourth-order valence-corrected chi connectivity index (χ4v) is 12.8. The van der Waals surface area contributed by atoms with Crippen LogP contribution in [0.5, 0.6) is 11.5 Å². The van der Waals surface area contributed by atoms with Crippen molar-refractivity contribution < 1.29 is 37.4 Å². The van der Waals surface area contributed by atoms with Gasteiger partial charge in [0.2, 0.25) is 17.8 Å². The van der Waals surface area contributed by atoms with Crippen molar-refractivity contribution in [2.24, 2.45) is 20.0 Å². The highest BCUT2D eigenvalue weighted by Gasteiger charge is 2.36. The van der Waals surface area contributed by atoms with Crippen LogP contribution >= 0.6 is 11.6 Å². The Labute approximate surface area is 510 Å².